The van der Waals surface area contributed by atoms with Crippen molar-refractivity contribution in [2.24, 2.45) is 5.73 Å². The number of nitrogens with one attached hydrogen (secondary N) is 1. The molecule has 10 heteroatoms. The molecule has 5 rings (SSSR count). The highest BCUT2D eigenvalue weighted by Gasteiger charge is 2.21. The summed E-state index contributed by atoms with van der Waals surface area (Å²) < 4.78 is 1.58. The first-order chi connectivity index (χ1) is 16.0. The normalized spacial score (nSPS) is 11.1. The van der Waals surface area contributed by atoms with E-state index in [1.807, 2.05) is 36.4 Å². The third kappa shape index (κ3) is 3.77. The number of rotatable bonds is 6. The molecule has 2 aromatic carbocycles. The zero-order valence-corrected chi connectivity index (χ0v) is 17.4. The Morgan fingerprint density at radius 3 is 2.55 bits per heavy atom. The maximum Gasteiger partial charge on any atom is 0.490 e. The van der Waals surface area contributed by atoms with Crippen molar-refractivity contribution < 1.29 is 14.8 Å². The molecule has 5 aromatic rings. The second kappa shape index (κ2) is 8.34. The molecule has 0 spiro atoms. The van der Waals surface area contributed by atoms with Gasteiger partial charge in [-0.25, -0.2) is 15.0 Å². The van der Waals surface area contributed by atoms with Crippen LogP contribution in [0.25, 0.3) is 27.9 Å². The number of anilines is 1. The summed E-state index contributed by atoms with van der Waals surface area (Å²) in [6, 6.07) is 20.1. The quantitative estimate of drug-likeness (QED) is 0.294. The molecular formula is C23H19BN6O3. The minimum absolute atomic E-state index is 0.250. The standard InChI is InChI=1S/C23H19BN6O3/c25-21(31)18-11-5-10-17-20(27-13-30(17)18)23-28-19-15(8-4-9-16(19)24(32)33)22(29-23)26-12-14-6-2-1-3-7-14/h1-11,13,32-33H,12H2,(H2,25,31)(H,26,28,29). The Labute approximate surface area is 188 Å². The summed E-state index contributed by atoms with van der Waals surface area (Å²) in [6.07, 6.45) is 1.49. The zero-order chi connectivity index (χ0) is 22.9. The number of aromatic nitrogens is 4. The molecule has 0 aliphatic carbocycles. The predicted octanol–water partition coefficient (Wildman–Crippen LogP) is 1.34. The average molecular weight is 438 g/mol. The maximum absolute atomic E-state index is 11.8. The molecule has 3 heterocycles. The fraction of sp³-hybridized carbons (Fsp3) is 0.0435. The summed E-state index contributed by atoms with van der Waals surface area (Å²) in [5.74, 6) is 0.212. The van der Waals surface area contributed by atoms with Crippen LogP contribution in [0.2, 0.25) is 0 Å². The highest BCUT2D eigenvalue weighted by atomic mass is 16.4. The molecule has 0 bridgehead atoms. The van der Waals surface area contributed by atoms with E-state index in [1.165, 1.54) is 6.33 Å². The van der Waals surface area contributed by atoms with Crippen LogP contribution in [0.3, 0.4) is 0 Å². The second-order valence-corrected chi connectivity index (χ2v) is 7.48. The Bertz CT molecular complexity index is 1490. The van der Waals surface area contributed by atoms with Crippen LogP contribution < -0.4 is 16.5 Å². The first-order valence-electron chi connectivity index (χ1n) is 10.2. The summed E-state index contributed by atoms with van der Waals surface area (Å²) in [4.78, 5) is 25.6. The summed E-state index contributed by atoms with van der Waals surface area (Å²) in [5.41, 5.74) is 8.50. The van der Waals surface area contributed by atoms with Gasteiger partial charge in [-0.1, -0.05) is 48.5 Å². The highest BCUT2D eigenvalue weighted by Crippen LogP contribution is 2.27. The number of hydrogen-bond donors (Lipinski definition) is 4. The van der Waals surface area contributed by atoms with Gasteiger partial charge in [0.15, 0.2) is 5.82 Å². The summed E-state index contributed by atoms with van der Waals surface area (Å²) in [7, 11) is -1.71. The lowest BCUT2D eigenvalue weighted by Gasteiger charge is -2.13. The van der Waals surface area contributed by atoms with Gasteiger partial charge in [0.25, 0.3) is 5.91 Å². The number of nitrogens with two attached hydrogens (primary N) is 1. The van der Waals surface area contributed by atoms with E-state index in [9.17, 15) is 14.8 Å². The lowest BCUT2D eigenvalue weighted by molar-refractivity contribution is 0.0994. The minimum Gasteiger partial charge on any atom is -0.423 e. The molecular weight excluding hydrogens is 419 g/mol. The van der Waals surface area contributed by atoms with Gasteiger partial charge in [0.1, 0.15) is 23.5 Å². The molecule has 0 atom stereocenters. The van der Waals surface area contributed by atoms with Gasteiger partial charge >= 0.3 is 7.12 Å². The largest absolute Gasteiger partial charge is 0.490 e. The van der Waals surface area contributed by atoms with Gasteiger partial charge in [0.2, 0.25) is 0 Å². The molecule has 1 amide bonds. The number of carbonyl (C=O) groups excluding carboxylic acids is 1. The van der Waals surface area contributed by atoms with Crippen molar-refractivity contribution >= 4 is 40.7 Å². The van der Waals surface area contributed by atoms with Gasteiger partial charge in [0.05, 0.1) is 11.0 Å². The summed E-state index contributed by atoms with van der Waals surface area (Å²) in [5, 5.41) is 23.8. The number of amides is 1. The molecule has 0 saturated heterocycles. The van der Waals surface area contributed by atoms with Crippen LogP contribution in [-0.4, -0.2) is 42.4 Å². The van der Waals surface area contributed by atoms with Crippen molar-refractivity contribution in [1.82, 2.24) is 19.4 Å². The number of pyridine rings is 1. The van der Waals surface area contributed by atoms with Gasteiger partial charge in [-0.15, -0.1) is 0 Å². The van der Waals surface area contributed by atoms with E-state index in [1.54, 1.807) is 34.7 Å². The van der Waals surface area contributed by atoms with Crippen molar-refractivity contribution in [3.05, 3.63) is 84.3 Å². The Kier molecular flexibility index (Phi) is 5.21. The Morgan fingerprint density at radius 2 is 1.79 bits per heavy atom. The molecule has 0 fully saturated rings. The Balaban J connectivity index is 1.70. The summed E-state index contributed by atoms with van der Waals surface area (Å²) in [6.45, 7) is 0.508. The average Bonchev–Trinajstić information content (AvgIpc) is 3.26. The molecule has 0 aliphatic heterocycles. The number of hydrogen-bond acceptors (Lipinski definition) is 7. The first-order valence-corrected chi connectivity index (χ1v) is 10.2. The van der Waals surface area contributed by atoms with Crippen LogP contribution in [0.5, 0.6) is 0 Å². The third-order valence-corrected chi connectivity index (χ3v) is 5.38. The minimum atomic E-state index is -1.71. The van der Waals surface area contributed by atoms with Gasteiger partial charge in [-0.05, 0) is 23.8 Å². The van der Waals surface area contributed by atoms with E-state index in [0.29, 0.717) is 34.5 Å². The number of fused-ring (bicyclic) bond motifs is 2. The molecule has 33 heavy (non-hydrogen) atoms. The van der Waals surface area contributed by atoms with E-state index in [2.05, 4.69) is 15.3 Å². The van der Waals surface area contributed by atoms with Crippen molar-refractivity contribution in [1.29, 1.82) is 0 Å². The predicted molar refractivity (Wildman–Crippen MR) is 126 cm³/mol. The number of primary amides is 1. The van der Waals surface area contributed by atoms with E-state index in [-0.39, 0.29) is 17.0 Å². The van der Waals surface area contributed by atoms with Crippen LogP contribution in [0.1, 0.15) is 16.1 Å². The highest BCUT2D eigenvalue weighted by molar-refractivity contribution is 6.61. The lowest BCUT2D eigenvalue weighted by Crippen LogP contribution is -2.31. The topological polar surface area (TPSA) is 139 Å². The van der Waals surface area contributed by atoms with Gasteiger partial charge in [-0.2, -0.15) is 0 Å². The fourth-order valence-corrected chi connectivity index (χ4v) is 3.80. The number of imidazole rings is 1. The van der Waals surface area contributed by atoms with E-state index in [4.69, 9.17) is 10.7 Å². The fourth-order valence-electron chi connectivity index (χ4n) is 3.80. The first kappa shape index (κ1) is 20.6. The smallest absolute Gasteiger partial charge is 0.423 e. The van der Waals surface area contributed by atoms with Gasteiger partial charge in [-0.3, -0.25) is 9.20 Å². The molecule has 0 radical (unpaired) electrons. The Hall–Kier alpha value is -4.28. The van der Waals surface area contributed by atoms with Crippen LogP contribution in [-0.2, 0) is 6.54 Å². The SMILES string of the molecule is NC(=O)c1cccc2c(-c3nc(NCc4ccccc4)c4cccc(B(O)O)c4n3)ncn12. The maximum atomic E-state index is 11.8. The van der Waals surface area contributed by atoms with E-state index in [0.717, 1.165) is 5.56 Å². The third-order valence-electron chi connectivity index (χ3n) is 5.38. The molecule has 0 saturated carbocycles. The number of nitrogens with zero attached hydrogens (tertiary/aromatic N) is 4. The number of para-hydroxylation sites is 1. The van der Waals surface area contributed by atoms with Gasteiger partial charge in [0, 0.05) is 17.4 Å². The number of benzene rings is 2. The van der Waals surface area contributed by atoms with Crippen LogP contribution in [0.15, 0.2) is 73.1 Å². The second-order valence-electron chi connectivity index (χ2n) is 7.48. The molecule has 9 nitrogen and oxygen atoms in total. The molecule has 162 valence electrons. The Morgan fingerprint density at radius 1 is 1.00 bits per heavy atom. The van der Waals surface area contributed by atoms with E-state index >= 15 is 0 Å². The van der Waals surface area contributed by atoms with Crippen molar-refractivity contribution in [3.63, 3.8) is 0 Å². The van der Waals surface area contributed by atoms with Crippen LogP contribution in [0, 0.1) is 0 Å². The lowest BCUT2D eigenvalue weighted by atomic mass is 9.79. The summed E-state index contributed by atoms with van der Waals surface area (Å²) >= 11 is 0. The molecule has 5 N–H and O–H groups in total. The van der Waals surface area contributed by atoms with Crippen LogP contribution in [0.4, 0.5) is 5.82 Å². The molecule has 3 aromatic heterocycles. The number of carbonyl (C=O) groups is 1. The van der Waals surface area contributed by atoms with Crippen LogP contribution >= 0.6 is 0 Å². The molecule has 0 aliphatic rings. The monoisotopic (exact) mass is 438 g/mol. The van der Waals surface area contributed by atoms with Crippen molar-refractivity contribution in [2.75, 3.05) is 5.32 Å². The van der Waals surface area contributed by atoms with Gasteiger partial charge < -0.3 is 21.1 Å². The van der Waals surface area contributed by atoms with E-state index < -0.39 is 13.0 Å². The van der Waals surface area contributed by atoms with Crippen molar-refractivity contribution in [2.45, 2.75) is 6.54 Å². The molecule has 0 unspecified atom stereocenters. The zero-order valence-electron chi connectivity index (χ0n) is 17.4. The van der Waals surface area contributed by atoms with Crippen molar-refractivity contribution in [3.8, 4) is 11.5 Å².